The molecule has 2 heterocycles. The van der Waals surface area contributed by atoms with Gasteiger partial charge in [-0.2, -0.15) is 0 Å². The molecule has 1 aliphatic heterocycles. The lowest BCUT2D eigenvalue weighted by Crippen LogP contribution is -2.25. The molecule has 0 N–H and O–H groups in total. The van der Waals surface area contributed by atoms with Crippen molar-refractivity contribution in [2.75, 3.05) is 11.4 Å². The van der Waals surface area contributed by atoms with Gasteiger partial charge in [0.2, 0.25) is 6.67 Å². The lowest BCUT2D eigenvalue weighted by atomic mass is 9.90. The molecule has 0 bridgehead atoms. The van der Waals surface area contributed by atoms with Crippen molar-refractivity contribution in [2.45, 2.75) is 25.2 Å². The number of nitrogens with zero attached hydrogens (tertiary/aromatic N) is 3. The molecule has 3 aromatic rings. The van der Waals surface area contributed by atoms with Gasteiger partial charge >= 0.3 is 0 Å². The van der Waals surface area contributed by atoms with Gasteiger partial charge in [0.1, 0.15) is 5.01 Å². The minimum Gasteiger partial charge on any atom is -0.345 e. The highest BCUT2D eigenvalue weighted by Gasteiger charge is 2.28. The van der Waals surface area contributed by atoms with E-state index in [9.17, 15) is 0 Å². The highest BCUT2D eigenvalue weighted by molar-refractivity contribution is 7.15. The van der Waals surface area contributed by atoms with Crippen LogP contribution in [0.4, 0.5) is 5.69 Å². The molecule has 0 saturated heterocycles. The van der Waals surface area contributed by atoms with E-state index in [1.165, 1.54) is 29.0 Å². The fraction of sp³-hybridized carbons (Fsp3) is 0.217. The molecule has 2 radical (unpaired) electrons. The number of aryl methyl sites for hydroxylation is 1. The van der Waals surface area contributed by atoms with Gasteiger partial charge in [-0.3, -0.25) is 0 Å². The van der Waals surface area contributed by atoms with Crippen molar-refractivity contribution in [3.8, 4) is 10.6 Å². The molecule has 1 aromatic heterocycles. The van der Waals surface area contributed by atoms with Gasteiger partial charge in [-0.1, -0.05) is 48.5 Å². The average molecular weight is 372 g/mol. The number of anilines is 1. The molecule has 0 unspecified atom stereocenters. The minimum absolute atomic E-state index is 0.468. The van der Waals surface area contributed by atoms with E-state index in [0.717, 1.165) is 23.7 Å². The second-order valence-corrected chi connectivity index (χ2v) is 8.12. The Hall–Kier alpha value is -2.59. The van der Waals surface area contributed by atoms with Gasteiger partial charge in [0.05, 0.1) is 5.69 Å². The van der Waals surface area contributed by atoms with Gasteiger partial charge < -0.3 is 9.80 Å². The summed E-state index contributed by atoms with van der Waals surface area (Å²) in [6.45, 7) is 4.39. The van der Waals surface area contributed by atoms with Crippen molar-refractivity contribution >= 4 is 17.0 Å². The van der Waals surface area contributed by atoms with Crippen molar-refractivity contribution in [1.29, 1.82) is 0 Å². The first-order valence-electron chi connectivity index (χ1n) is 9.47. The molecule has 134 valence electrons. The standard InChI is InChI=1S/C23H21N3S/c1-3-8-18(9-4-1)23-24-22-19(10-7-13-21(22)27-23)16-25-14-15-26(17-25)20-11-5-2-6-12-20/h1-6,8-9,11-12,14-15,19H,7,10,13,16H2/t19-/m1/s1. The maximum Gasteiger partial charge on any atom is 0.212 e. The Morgan fingerprint density at radius 1 is 1.00 bits per heavy atom. The first kappa shape index (κ1) is 16.6. The number of rotatable bonds is 4. The normalized spacial score (nSPS) is 18.7. The van der Waals surface area contributed by atoms with E-state index in [1.807, 2.05) is 17.4 Å². The summed E-state index contributed by atoms with van der Waals surface area (Å²) in [6, 6.07) is 20.9. The molecule has 4 heteroatoms. The minimum atomic E-state index is 0.468. The highest BCUT2D eigenvalue weighted by Crippen LogP contribution is 2.39. The van der Waals surface area contributed by atoms with E-state index in [1.54, 1.807) is 0 Å². The number of hydrogen-bond donors (Lipinski definition) is 0. The van der Waals surface area contributed by atoms with Crippen LogP contribution in [0, 0.1) is 6.67 Å². The summed E-state index contributed by atoms with van der Waals surface area (Å²) >= 11 is 1.87. The molecule has 0 spiro atoms. The van der Waals surface area contributed by atoms with Crippen LogP contribution >= 0.6 is 11.3 Å². The molecule has 2 aromatic carbocycles. The molecular weight excluding hydrogens is 350 g/mol. The summed E-state index contributed by atoms with van der Waals surface area (Å²) in [5, 5.41) is 1.16. The third kappa shape index (κ3) is 3.37. The molecule has 0 saturated carbocycles. The van der Waals surface area contributed by atoms with E-state index in [2.05, 4.69) is 83.5 Å². The van der Waals surface area contributed by atoms with Crippen LogP contribution in [0.1, 0.15) is 29.3 Å². The number of aromatic nitrogens is 1. The Balaban J connectivity index is 1.32. The maximum atomic E-state index is 5.05. The molecule has 2 aliphatic rings. The van der Waals surface area contributed by atoms with Crippen LogP contribution in [0.25, 0.3) is 10.6 Å². The van der Waals surface area contributed by atoms with Gasteiger partial charge in [0, 0.05) is 41.0 Å². The summed E-state index contributed by atoms with van der Waals surface area (Å²) in [4.78, 5) is 10.7. The van der Waals surface area contributed by atoms with E-state index in [-0.39, 0.29) is 0 Å². The van der Waals surface area contributed by atoms with Crippen molar-refractivity contribution in [3.63, 3.8) is 0 Å². The zero-order valence-corrected chi connectivity index (χ0v) is 15.9. The summed E-state index contributed by atoms with van der Waals surface area (Å²) in [7, 11) is 0. The van der Waals surface area contributed by atoms with Crippen molar-refractivity contribution in [2.24, 2.45) is 0 Å². The Morgan fingerprint density at radius 2 is 1.78 bits per heavy atom. The fourth-order valence-corrected chi connectivity index (χ4v) is 5.01. The molecule has 1 atom stereocenters. The van der Waals surface area contributed by atoms with Crippen LogP contribution < -0.4 is 4.90 Å². The van der Waals surface area contributed by atoms with Crippen LogP contribution in [0.15, 0.2) is 73.1 Å². The monoisotopic (exact) mass is 371 g/mol. The summed E-state index contributed by atoms with van der Waals surface area (Å²) in [5.74, 6) is 0.468. The highest BCUT2D eigenvalue weighted by atomic mass is 32.1. The zero-order valence-electron chi connectivity index (χ0n) is 15.1. The van der Waals surface area contributed by atoms with Crippen LogP contribution in [0.3, 0.4) is 0 Å². The van der Waals surface area contributed by atoms with Gasteiger partial charge in [0.15, 0.2) is 0 Å². The van der Waals surface area contributed by atoms with Crippen molar-refractivity contribution in [1.82, 2.24) is 9.88 Å². The van der Waals surface area contributed by atoms with Crippen LogP contribution in [-0.4, -0.2) is 16.4 Å². The maximum absolute atomic E-state index is 5.05. The Labute approximate surface area is 164 Å². The van der Waals surface area contributed by atoms with Crippen LogP contribution in [-0.2, 0) is 6.42 Å². The van der Waals surface area contributed by atoms with Crippen molar-refractivity contribution in [3.05, 3.63) is 90.3 Å². The van der Waals surface area contributed by atoms with E-state index < -0.39 is 0 Å². The number of benzene rings is 2. The second-order valence-electron chi connectivity index (χ2n) is 7.04. The predicted molar refractivity (Wildman–Crippen MR) is 111 cm³/mol. The number of para-hydroxylation sites is 1. The quantitative estimate of drug-likeness (QED) is 0.602. The molecule has 3 nitrogen and oxygen atoms in total. The topological polar surface area (TPSA) is 19.4 Å². The van der Waals surface area contributed by atoms with Gasteiger partial charge in [0.25, 0.3) is 0 Å². The lowest BCUT2D eigenvalue weighted by molar-refractivity contribution is 0.389. The van der Waals surface area contributed by atoms with Gasteiger partial charge in [-0.25, -0.2) is 4.98 Å². The number of thiazole rings is 1. The Kier molecular flexibility index (Phi) is 4.42. The van der Waals surface area contributed by atoms with E-state index in [4.69, 9.17) is 4.98 Å². The summed E-state index contributed by atoms with van der Waals surface area (Å²) < 4.78 is 0. The molecule has 0 fully saturated rings. The Morgan fingerprint density at radius 3 is 2.59 bits per heavy atom. The third-order valence-electron chi connectivity index (χ3n) is 5.17. The smallest absolute Gasteiger partial charge is 0.212 e. The van der Waals surface area contributed by atoms with Crippen molar-refractivity contribution < 1.29 is 0 Å². The first-order valence-corrected chi connectivity index (χ1v) is 10.3. The molecule has 0 amide bonds. The largest absolute Gasteiger partial charge is 0.345 e. The fourth-order valence-electron chi connectivity index (χ4n) is 3.81. The van der Waals surface area contributed by atoms with Gasteiger partial charge in [-0.15, -0.1) is 11.3 Å². The van der Waals surface area contributed by atoms with Crippen LogP contribution in [0.5, 0.6) is 0 Å². The first-order chi connectivity index (χ1) is 13.4. The third-order valence-corrected chi connectivity index (χ3v) is 6.35. The predicted octanol–water partition coefficient (Wildman–Crippen LogP) is 5.52. The molecule has 1 aliphatic carbocycles. The SMILES string of the molecule is [C]1N(C[C@H]2CCCc3sc(-c4ccccc4)nc32)C=CN1c1ccccc1. The number of hydrogen-bond acceptors (Lipinski definition) is 4. The lowest BCUT2D eigenvalue weighted by Gasteiger charge is -2.26. The second kappa shape index (κ2) is 7.20. The average Bonchev–Trinajstić information content (AvgIpc) is 3.37. The van der Waals surface area contributed by atoms with E-state index in [0.29, 0.717) is 5.92 Å². The van der Waals surface area contributed by atoms with E-state index >= 15 is 0 Å². The molecule has 5 rings (SSSR count). The Bertz CT molecular complexity index is 933. The number of fused-ring (bicyclic) bond motifs is 1. The zero-order chi connectivity index (χ0) is 18.1. The molecule has 27 heavy (non-hydrogen) atoms. The summed E-state index contributed by atoms with van der Waals surface area (Å²) in [6.07, 6.45) is 7.80. The summed E-state index contributed by atoms with van der Waals surface area (Å²) in [5.41, 5.74) is 3.67. The molecular formula is C23H21N3S. The van der Waals surface area contributed by atoms with Crippen LogP contribution in [0.2, 0.25) is 0 Å². The van der Waals surface area contributed by atoms with Gasteiger partial charge in [-0.05, 0) is 31.4 Å².